The van der Waals surface area contributed by atoms with Crippen LogP contribution in [0.25, 0.3) is 10.9 Å². The van der Waals surface area contributed by atoms with Crippen LogP contribution >= 0.6 is 0 Å². The van der Waals surface area contributed by atoms with Crippen LogP contribution in [0.5, 0.6) is 5.75 Å². The number of aromatic nitrogens is 1. The van der Waals surface area contributed by atoms with Crippen molar-refractivity contribution in [2.24, 2.45) is 5.92 Å². The molecule has 4 heteroatoms. The number of pyridine rings is 1. The molecule has 3 rings (SSSR count). The van der Waals surface area contributed by atoms with Gasteiger partial charge in [0, 0.05) is 23.3 Å². The topological polar surface area (TPSA) is 48.1 Å². The van der Waals surface area contributed by atoms with Crippen molar-refractivity contribution in [1.29, 1.82) is 0 Å². The quantitative estimate of drug-likeness (QED) is 0.856. The van der Waals surface area contributed by atoms with Gasteiger partial charge in [0.1, 0.15) is 5.52 Å². The lowest BCUT2D eigenvalue weighted by Crippen LogP contribution is -2.25. The van der Waals surface area contributed by atoms with Crippen molar-refractivity contribution in [2.75, 3.05) is 5.73 Å². The number of hydrogen-bond donors (Lipinski definition) is 1. The second-order valence-electron chi connectivity index (χ2n) is 5.86. The van der Waals surface area contributed by atoms with E-state index in [-0.39, 0.29) is 11.9 Å². The van der Waals surface area contributed by atoms with Crippen molar-refractivity contribution in [3.63, 3.8) is 0 Å². The molecule has 0 amide bonds. The lowest BCUT2D eigenvalue weighted by molar-refractivity contribution is 0.119. The zero-order chi connectivity index (χ0) is 14.8. The Balaban J connectivity index is 1.93. The monoisotopic (exact) mass is 288 g/mol. The summed E-state index contributed by atoms with van der Waals surface area (Å²) in [6.07, 6.45) is 7.24. The Hall–Kier alpha value is -1.84. The highest BCUT2D eigenvalue weighted by atomic mass is 19.1. The lowest BCUT2D eigenvalue weighted by atomic mass is 9.85. The molecule has 21 heavy (non-hydrogen) atoms. The minimum Gasteiger partial charge on any atom is -0.485 e. The molecule has 1 aliphatic rings. The minimum atomic E-state index is -0.419. The molecule has 1 saturated carbocycles. The number of nitrogens with zero attached hydrogens (tertiary/aromatic N) is 1. The van der Waals surface area contributed by atoms with Crippen molar-refractivity contribution in [1.82, 2.24) is 4.98 Å². The lowest BCUT2D eigenvalue weighted by Gasteiger charge is -2.29. The number of rotatable bonds is 3. The third kappa shape index (κ3) is 2.80. The van der Waals surface area contributed by atoms with Crippen molar-refractivity contribution in [3.05, 3.63) is 30.2 Å². The summed E-state index contributed by atoms with van der Waals surface area (Å²) in [4.78, 5) is 4.26. The molecule has 3 nitrogen and oxygen atoms in total. The molecule has 2 N–H and O–H groups in total. The van der Waals surface area contributed by atoms with Gasteiger partial charge in [0.05, 0.1) is 6.10 Å². The standard InChI is InChI=1S/C17H21FN2O/c1-2-11-5-3-6-12(9-11)21-17-14(18)10-15(19)13-7-4-8-20-16(13)17/h4,7-8,10-12H,2-3,5-6,9,19H2,1H3. The molecular formula is C17H21FN2O. The number of nitrogens with two attached hydrogens (primary N) is 1. The van der Waals surface area contributed by atoms with Crippen molar-refractivity contribution < 1.29 is 9.13 Å². The molecule has 1 aromatic carbocycles. The van der Waals surface area contributed by atoms with Gasteiger partial charge in [-0.2, -0.15) is 0 Å². The molecule has 0 bridgehead atoms. The number of benzene rings is 1. The Labute approximate surface area is 124 Å². The molecule has 1 aromatic heterocycles. The van der Waals surface area contributed by atoms with Crippen LogP contribution in [-0.2, 0) is 0 Å². The zero-order valence-electron chi connectivity index (χ0n) is 12.3. The minimum absolute atomic E-state index is 0.0760. The van der Waals surface area contributed by atoms with E-state index in [2.05, 4.69) is 11.9 Å². The molecule has 0 radical (unpaired) electrons. The van der Waals surface area contributed by atoms with Crippen molar-refractivity contribution in [3.8, 4) is 5.75 Å². The van der Waals surface area contributed by atoms with Gasteiger partial charge in [0.15, 0.2) is 11.6 Å². The highest BCUT2D eigenvalue weighted by Crippen LogP contribution is 2.35. The number of ether oxygens (including phenoxy) is 1. The second-order valence-corrected chi connectivity index (χ2v) is 5.86. The number of hydrogen-bond acceptors (Lipinski definition) is 3. The third-order valence-electron chi connectivity index (χ3n) is 4.43. The predicted molar refractivity (Wildman–Crippen MR) is 82.8 cm³/mol. The molecule has 2 aromatic rings. The van der Waals surface area contributed by atoms with Gasteiger partial charge in [-0.1, -0.05) is 19.8 Å². The van der Waals surface area contributed by atoms with Crippen LogP contribution < -0.4 is 10.5 Å². The Morgan fingerprint density at radius 1 is 1.43 bits per heavy atom. The van der Waals surface area contributed by atoms with Gasteiger partial charge in [-0.05, 0) is 37.3 Å². The summed E-state index contributed by atoms with van der Waals surface area (Å²) < 4.78 is 20.3. The van der Waals surface area contributed by atoms with Crippen LogP contribution in [0.4, 0.5) is 10.1 Å². The van der Waals surface area contributed by atoms with E-state index in [1.54, 1.807) is 12.3 Å². The van der Waals surface area contributed by atoms with Gasteiger partial charge in [0.2, 0.25) is 0 Å². The van der Waals surface area contributed by atoms with Gasteiger partial charge in [-0.15, -0.1) is 0 Å². The van der Waals surface area contributed by atoms with Gasteiger partial charge >= 0.3 is 0 Å². The van der Waals surface area contributed by atoms with Gasteiger partial charge < -0.3 is 10.5 Å². The Kier molecular flexibility index (Phi) is 3.95. The van der Waals surface area contributed by atoms with Crippen LogP contribution in [0, 0.1) is 11.7 Å². The van der Waals surface area contributed by atoms with E-state index in [1.165, 1.54) is 12.5 Å². The maximum Gasteiger partial charge on any atom is 0.181 e. The van der Waals surface area contributed by atoms with Crippen LogP contribution in [0.15, 0.2) is 24.4 Å². The maximum atomic E-state index is 14.3. The molecule has 0 spiro atoms. The highest BCUT2D eigenvalue weighted by molar-refractivity contribution is 5.94. The van der Waals surface area contributed by atoms with E-state index < -0.39 is 5.82 Å². The fourth-order valence-corrected chi connectivity index (χ4v) is 3.21. The third-order valence-corrected chi connectivity index (χ3v) is 4.43. The van der Waals surface area contributed by atoms with Crippen molar-refractivity contribution >= 4 is 16.6 Å². The molecule has 112 valence electrons. The summed E-state index contributed by atoms with van der Waals surface area (Å²) in [7, 11) is 0. The van der Waals surface area contributed by atoms with Crippen LogP contribution in [0.1, 0.15) is 39.0 Å². The summed E-state index contributed by atoms with van der Waals surface area (Å²) in [6, 6.07) is 4.98. The summed E-state index contributed by atoms with van der Waals surface area (Å²) in [5, 5.41) is 0.747. The van der Waals surface area contributed by atoms with Crippen molar-refractivity contribution in [2.45, 2.75) is 45.1 Å². The molecule has 0 saturated heterocycles. The average molecular weight is 288 g/mol. The van der Waals surface area contributed by atoms with Gasteiger partial charge in [-0.25, -0.2) is 4.39 Å². The molecular weight excluding hydrogens is 267 g/mol. The zero-order valence-corrected chi connectivity index (χ0v) is 12.3. The normalized spacial score (nSPS) is 22.4. The summed E-state index contributed by atoms with van der Waals surface area (Å²) in [6.45, 7) is 2.20. The molecule has 1 fully saturated rings. The summed E-state index contributed by atoms with van der Waals surface area (Å²) >= 11 is 0. The second kappa shape index (κ2) is 5.88. The molecule has 1 aliphatic carbocycles. The van der Waals surface area contributed by atoms with Gasteiger partial charge in [0.25, 0.3) is 0 Å². The first-order valence-corrected chi connectivity index (χ1v) is 7.68. The average Bonchev–Trinajstić information content (AvgIpc) is 2.51. The smallest absolute Gasteiger partial charge is 0.181 e. The van der Waals surface area contributed by atoms with E-state index in [0.29, 0.717) is 17.1 Å². The van der Waals surface area contributed by atoms with Gasteiger partial charge in [-0.3, -0.25) is 4.98 Å². The predicted octanol–water partition coefficient (Wildman–Crippen LogP) is 4.30. The molecule has 2 atom stereocenters. The first-order valence-electron chi connectivity index (χ1n) is 7.68. The Bertz CT molecular complexity index is 644. The Morgan fingerprint density at radius 3 is 3.10 bits per heavy atom. The number of anilines is 1. The SMILES string of the molecule is CCC1CCCC(Oc2c(F)cc(N)c3cccnc23)C1. The van der Waals surface area contributed by atoms with E-state index in [0.717, 1.165) is 31.1 Å². The maximum absolute atomic E-state index is 14.3. The van der Waals surface area contributed by atoms with E-state index in [9.17, 15) is 4.39 Å². The van der Waals surface area contributed by atoms with E-state index in [1.807, 2.05) is 6.07 Å². The van der Waals surface area contributed by atoms with E-state index in [4.69, 9.17) is 10.5 Å². The number of fused-ring (bicyclic) bond motifs is 1. The van der Waals surface area contributed by atoms with E-state index >= 15 is 0 Å². The fraction of sp³-hybridized carbons (Fsp3) is 0.471. The summed E-state index contributed by atoms with van der Waals surface area (Å²) in [5.41, 5.74) is 6.79. The molecule has 0 aliphatic heterocycles. The summed E-state index contributed by atoms with van der Waals surface area (Å²) in [5.74, 6) is 0.513. The molecule has 2 unspecified atom stereocenters. The first-order chi connectivity index (χ1) is 10.2. The fourth-order valence-electron chi connectivity index (χ4n) is 3.21. The highest BCUT2D eigenvalue weighted by Gasteiger charge is 2.24. The molecule has 1 heterocycles. The largest absolute Gasteiger partial charge is 0.485 e. The Morgan fingerprint density at radius 2 is 2.29 bits per heavy atom. The van der Waals surface area contributed by atoms with Crippen LogP contribution in [-0.4, -0.2) is 11.1 Å². The number of nitrogen functional groups attached to an aromatic ring is 1. The number of halogens is 1. The first kappa shape index (κ1) is 14.1. The van der Waals surface area contributed by atoms with Crippen LogP contribution in [0.3, 0.4) is 0 Å². The van der Waals surface area contributed by atoms with Crippen LogP contribution in [0.2, 0.25) is 0 Å².